The van der Waals surface area contributed by atoms with Crippen molar-refractivity contribution in [3.8, 4) is 0 Å². The Morgan fingerprint density at radius 3 is 2.63 bits per heavy atom. The molecule has 1 fully saturated rings. The Hall–Kier alpha value is -1.78. The van der Waals surface area contributed by atoms with Crippen molar-refractivity contribution in [1.82, 2.24) is 10.3 Å². The van der Waals surface area contributed by atoms with Crippen molar-refractivity contribution in [2.75, 3.05) is 10.6 Å². The normalized spacial score (nSPS) is 15.5. The monoisotopic (exact) mass is 262 g/mol. The number of aromatic nitrogens is 1. The van der Waals surface area contributed by atoms with Crippen LogP contribution < -0.4 is 16.0 Å². The van der Waals surface area contributed by atoms with E-state index in [4.69, 9.17) is 0 Å². The van der Waals surface area contributed by atoms with Gasteiger partial charge in [0.15, 0.2) is 0 Å². The Morgan fingerprint density at radius 2 is 2.05 bits per heavy atom. The first-order valence-corrected chi connectivity index (χ1v) is 6.93. The van der Waals surface area contributed by atoms with Crippen molar-refractivity contribution in [2.24, 2.45) is 0 Å². The summed E-state index contributed by atoms with van der Waals surface area (Å²) in [4.78, 5) is 15.8. The smallest absolute Gasteiger partial charge is 0.319 e. The van der Waals surface area contributed by atoms with Crippen LogP contribution in [0.2, 0.25) is 0 Å². The van der Waals surface area contributed by atoms with Crippen molar-refractivity contribution < 1.29 is 4.79 Å². The lowest BCUT2D eigenvalue weighted by Crippen LogP contribution is -2.34. The third-order valence-electron chi connectivity index (χ3n) is 3.15. The van der Waals surface area contributed by atoms with Crippen LogP contribution in [-0.2, 0) is 0 Å². The number of anilines is 2. The van der Waals surface area contributed by atoms with E-state index in [9.17, 15) is 4.79 Å². The van der Waals surface area contributed by atoms with Gasteiger partial charge in [-0.25, -0.2) is 9.78 Å². The highest BCUT2D eigenvalue weighted by Gasteiger charge is 2.14. The molecular formula is C14H22N4O. The molecule has 2 rings (SSSR count). The lowest BCUT2D eigenvalue weighted by molar-refractivity contribution is 0.250. The number of carbonyl (C=O) groups excluding carboxylic acids is 1. The van der Waals surface area contributed by atoms with Gasteiger partial charge in [0.1, 0.15) is 5.82 Å². The van der Waals surface area contributed by atoms with Gasteiger partial charge in [0, 0.05) is 12.1 Å². The van der Waals surface area contributed by atoms with E-state index >= 15 is 0 Å². The van der Waals surface area contributed by atoms with Crippen molar-refractivity contribution in [1.29, 1.82) is 0 Å². The quantitative estimate of drug-likeness (QED) is 0.781. The second-order valence-corrected chi connectivity index (χ2v) is 5.31. The van der Waals surface area contributed by atoms with E-state index in [0.29, 0.717) is 11.7 Å². The Bertz CT molecular complexity index is 410. The average molecular weight is 262 g/mol. The molecule has 19 heavy (non-hydrogen) atoms. The highest BCUT2D eigenvalue weighted by atomic mass is 16.2. The van der Waals surface area contributed by atoms with Gasteiger partial charge in [-0.2, -0.15) is 0 Å². The largest absolute Gasteiger partial charge is 0.367 e. The van der Waals surface area contributed by atoms with Gasteiger partial charge in [0.2, 0.25) is 0 Å². The molecule has 1 saturated carbocycles. The minimum absolute atomic E-state index is 0.122. The van der Waals surface area contributed by atoms with Gasteiger partial charge < -0.3 is 16.0 Å². The lowest BCUT2D eigenvalue weighted by Gasteiger charge is -2.13. The summed E-state index contributed by atoms with van der Waals surface area (Å²) in [5, 5.41) is 8.94. The zero-order valence-electron chi connectivity index (χ0n) is 11.6. The number of urea groups is 1. The molecule has 0 unspecified atom stereocenters. The van der Waals surface area contributed by atoms with E-state index < -0.39 is 0 Å². The number of hydrogen-bond acceptors (Lipinski definition) is 3. The Kier molecular flexibility index (Phi) is 4.60. The van der Waals surface area contributed by atoms with E-state index in [0.717, 1.165) is 5.82 Å². The minimum atomic E-state index is -0.201. The predicted octanol–water partition coefficient (Wildman–Crippen LogP) is 2.97. The van der Waals surface area contributed by atoms with Crippen molar-refractivity contribution in [3.63, 3.8) is 0 Å². The summed E-state index contributed by atoms with van der Waals surface area (Å²) in [6, 6.07) is 4.24. The van der Waals surface area contributed by atoms with Crippen LogP contribution in [0, 0.1) is 0 Å². The van der Waals surface area contributed by atoms with Gasteiger partial charge in [0.05, 0.1) is 11.9 Å². The lowest BCUT2D eigenvalue weighted by atomic mass is 10.2. The molecule has 1 aromatic heterocycles. The molecule has 1 aromatic rings. The summed E-state index contributed by atoms with van der Waals surface area (Å²) in [5.74, 6) is 0.877. The summed E-state index contributed by atoms with van der Waals surface area (Å²) >= 11 is 0. The van der Waals surface area contributed by atoms with E-state index in [2.05, 4.69) is 20.9 Å². The fourth-order valence-electron chi connectivity index (χ4n) is 2.26. The molecule has 0 atom stereocenters. The van der Waals surface area contributed by atoms with Crippen molar-refractivity contribution in [2.45, 2.75) is 51.6 Å². The van der Waals surface area contributed by atoms with E-state index in [1.165, 1.54) is 25.7 Å². The molecule has 0 spiro atoms. The number of hydrogen-bond donors (Lipinski definition) is 3. The number of pyridine rings is 1. The molecule has 2 amide bonds. The van der Waals surface area contributed by atoms with E-state index in [1.54, 1.807) is 6.20 Å². The molecule has 0 saturated heterocycles. The fraction of sp³-hybridized carbons (Fsp3) is 0.571. The molecule has 1 heterocycles. The van der Waals surface area contributed by atoms with Crippen molar-refractivity contribution in [3.05, 3.63) is 18.3 Å². The Morgan fingerprint density at radius 1 is 1.32 bits per heavy atom. The molecule has 3 N–H and O–H groups in total. The van der Waals surface area contributed by atoms with Gasteiger partial charge in [0.25, 0.3) is 0 Å². The number of carbonyl (C=O) groups is 1. The van der Waals surface area contributed by atoms with Crippen LogP contribution in [0.25, 0.3) is 0 Å². The molecule has 5 nitrogen and oxygen atoms in total. The van der Waals surface area contributed by atoms with Crippen LogP contribution in [-0.4, -0.2) is 23.1 Å². The maximum atomic E-state index is 11.5. The fourth-order valence-corrected chi connectivity index (χ4v) is 2.26. The van der Waals surface area contributed by atoms with Gasteiger partial charge in [-0.3, -0.25) is 0 Å². The number of amides is 2. The average Bonchev–Trinajstić information content (AvgIpc) is 2.83. The van der Waals surface area contributed by atoms with Crippen LogP contribution in [0.15, 0.2) is 18.3 Å². The molecule has 1 aliphatic carbocycles. The first-order chi connectivity index (χ1) is 9.13. The van der Waals surface area contributed by atoms with Crippen LogP contribution in [0.1, 0.15) is 39.5 Å². The molecule has 0 aromatic carbocycles. The first kappa shape index (κ1) is 13.6. The number of nitrogens with zero attached hydrogens (tertiary/aromatic N) is 1. The second kappa shape index (κ2) is 6.41. The molecule has 0 aliphatic heterocycles. The second-order valence-electron chi connectivity index (χ2n) is 5.31. The third-order valence-corrected chi connectivity index (χ3v) is 3.15. The van der Waals surface area contributed by atoms with E-state index in [-0.39, 0.29) is 12.1 Å². The first-order valence-electron chi connectivity index (χ1n) is 6.93. The Labute approximate surface area is 114 Å². The maximum Gasteiger partial charge on any atom is 0.319 e. The summed E-state index contributed by atoms with van der Waals surface area (Å²) in [6.07, 6.45) is 6.72. The topological polar surface area (TPSA) is 66.1 Å². The number of rotatable bonds is 4. The zero-order chi connectivity index (χ0) is 13.7. The van der Waals surface area contributed by atoms with Crippen LogP contribution >= 0.6 is 0 Å². The number of nitrogens with one attached hydrogen (secondary N) is 3. The maximum absolute atomic E-state index is 11.5. The molecule has 5 heteroatoms. The van der Waals surface area contributed by atoms with Crippen LogP contribution in [0.3, 0.4) is 0 Å². The predicted molar refractivity (Wildman–Crippen MR) is 77.4 cm³/mol. The van der Waals surface area contributed by atoms with Gasteiger partial charge >= 0.3 is 6.03 Å². The van der Waals surface area contributed by atoms with E-state index in [1.807, 2.05) is 26.0 Å². The molecular weight excluding hydrogens is 240 g/mol. The molecule has 104 valence electrons. The van der Waals surface area contributed by atoms with Crippen LogP contribution in [0.5, 0.6) is 0 Å². The van der Waals surface area contributed by atoms with Gasteiger partial charge in [-0.05, 0) is 38.8 Å². The van der Waals surface area contributed by atoms with Crippen molar-refractivity contribution >= 4 is 17.5 Å². The zero-order valence-corrected chi connectivity index (χ0v) is 11.6. The highest BCUT2D eigenvalue weighted by Crippen LogP contribution is 2.21. The third kappa shape index (κ3) is 4.43. The standard InChI is InChI=1S/C14H22N4O/c1-10(2)16-14(19)18-12-7-8-13(15-9-12)17-11-5-3-4-6-11/h7-11H,3-6H2,1-2H3,(H,15,17)(H2,16,18,19). The summed E-state index contributed by atoms with van der Waals surface area (Å²) in [7, 11) is 0. The SMILES string of the molecule is CC(C)NC(=O)Nc1ccc(NC2CCCC2)nc1. The van der Waals surface area contributed by atoms with Gasteiger partial charge in [-0.1, -0.05) is 12.8 Å². The molecule has 0 radical (unpaired) electrons. The van der Waals surface area contributed by atoms with Gasteiger partial charge in [-0.15, -0.1) is 0 Å². The minimum Gasteiger partial charge on any atom is -0.367 e. The highest BCUT2D eigenvalue weighted by molar-refractivity contribution is 5.89. The Balaban J connectivity index is 1.85. The summed E-state index contributed by atoms with van der Waals surface area (Å²) in [5.41, 5.74) is 0.704. The molecule has 1 aliphatic rings. The summed E-state index contributed by atoms with van der Waals surface area (Å²) in [6.45, 7) is 3.85. The van der Waals surface area contributed by atoms with Crippen LogP contribution in [0.4, 0.5) is 16.3 Å². The summed E-state index contributed by atoms with van der Waals surface area (Å²) < 4.78 is 0. The molecule has 0 bridgehead atoms.